The predicted octanol–water partition coefficient (Wildman–Crippen LogP) is 2.00. The highest BCUT2D eigenvalue weighted by Crippen LogP contribution is 2.21. The van der Waals surface area contributed by atoms with Gasteiger partial charge in [0.05, 0.1) is 24.4 Å². The SMILES string of the molecule is Cc1cc(-c2cnc(C(N)CC(=O)O)[nH]2)ccc1F. The van der Waals surface area contributed by atoms with Crippen LogP contribution in [0, 0.1) is 12.7 Å². The van der Waals surface area contributed by atoms with Crippen LogP contribution in [0.2, 0.25) is 0 Å². The number of H-pyrrole nitrogens is 1. The molecule has 1 aromatic heterocycles. The summed E-state index contributed by atoms with van der Waals surface area (Å²) in [6.45, 7) is 1.67. The lowest BCUT2D eigenvalue weighted by atomic mass is 10.1. The van der Waals surface area contributed by atoms with Gasteiger partial charge in [-0.15, -0.1) is 0 Å². The molecule has 0 amide bonds. The minimum atomic E-state index is -0.983. The lowest BCUT2D eigenvalue weighted by Gasteiger charge is -2.05. The van der Waals surface area contributed by atoms with E-state index in [2.05, 4.69) is 9.97 Å². The zero-order valence-electron chi connectivity index (χ0n) is 10.4. The summed E-state index contributed by atoms with van der Waals surface area (Å²) in [5, 5.41) is 8.67. The van der Waals surface area contributed by atoms with Crippen LogP contribution in [-0.2, 0) is 4.79 Å². The molecule has 1 unspecified atom stereocenters. The number of aryl methyl sites for hydroxylation is 1. The molecule has 1 aromatic carbocycles. The van der Waals surface area contributed by atoms with Gasteiger partial charge in [-0.05, 0) is 30.7 Å². The lowest BCUT2D eigenvalue weighted by Crippen LogP contribution is -2.16. The number of aromatic amines is 1. The van der Waals surface area contributed by atoms with E-state index in [0.29, 0.717) is 17.1 Å². The van der Waals surface area contributed by atoms with Crippen molar-refractivity contribution in [3.05, 3.63) is 41.6 Å². The molecule has 0 aliphatic heterocycles. The number of nitrogens with zero attached hydrogens (tertiary/aromatic N) is 1. The topological polar surface area (TPSA) is 92.0 Å². The highest BCUT2D eigenvalue weighted by atomic mass is 19.1. The van der Waals surface area contributed by atoms with Crippen molar-refractivity contribution in [1.29, 1.82) is 0 Å². The average molecular weight is 263 g/mol. The zero-order chi connectivity index (χ0) is 14.0. The molecule has 1 atom stereocenters. The molecule has 0 spiro atoms. The minimum absolute atomic E-state index is 0.199. The van der Waals surface area contributed by atoms with E-state index in [-0.39, 0.29) is 12.2 Å². The lowest BCUT2D eigenvalue weighted by molar-refractivity contribution is -0.137. The number of halogens is 1. The molecule has 4 N–H and O–H groups in total. The second-order valence-corrected chi connectivity index (χ2v) is 4.35. The van der Waals surface area contributed by atoms with Crippen LogP contribution in [0.1, 0.15) is 23.9 Å². The number of carboxylic acid groups (broad SMARTS) is 1. The van der Waals surface area contributed by atoms with E-state index in [4.69, 9.17) is 10.8 Å². The first kappa shape index (κ1) is 13.2. The van der Waals surface area contributed by atoms with Crippen molar-refractivity contribution in [1.82, 2.24) is 9.97 Å². The van der Waals surface area contributed by atoms with E-state index in [1.165, 1.54) is 6.07 Å². The summed E-state index contributed by atoms with van der Waals surface area (Å²) in [5.41, 5.74) is 7.70. The highest BCUT2D eigenvalue weighted by Gasteiger charge is 2.14. The first-order valence-electron chi connectivity index (χ1n) is 5.76. The fourth-order valence-corrected chi connectivity index (χ4v) is 1.77. The van der Waals surface area contributed by atoms with Crippen LogP contribution in [0.4, 0.5) is 4.39 Å². The largest absolute Gasteiger partial charge is 0.481 e. The smallest absolute Gasteiger partial charge is 0.305 e. The fraction of sp³-hybridized carbons (Fsp3) is 0.231. The monoisotopic (exact) mass is 263 g/mol. The van der Waals surface area contributed by atoms with Crippen LogP contribution in [0.3, 0.4) is 0 Å². The third-order valence-electron chi connectivity index (χ3n) is 2.81. The number of aromatic nitrogens is 2. The normalized spacial score (nSPS) is 12.4. The molecule has 0 aliphatic carbocycles. The average Bonchev–Trinajstić information content (AvgIpc) is 2.81. The Bertz CT molecular complexity index is 610. The first-order valence-corrected chi connectivity index (χ1v) is 5.76. The number of hydrogen-bond donors (Lipinski definition) is 3. The second kappa shape index (κ2) is 5.19. The van der Waals surface area contributed by atoms with E-state index >= 15 is 0 Å². The molecule has 100 valence electrons. The van der Waals surface area contributed by atoms with Gasteiger partial charge in [0.1, 0.15) is 11.6 Å². The van der Waals surface area contributed by atoms with Gasteiger partial charge in [0.2, 0.25) is 0 Å². The number of aliphatic carboxylic acids is 1. The van der Waals surface area contributed by atoms with Crippen LogP contribution in [-0.4, -0.2) is 21.0 Å². The Morgan fingerprint density at radius 3 is 2.95 bits per heavy atom. The van der Waals surface area contributed by atoms with Crippen LogP contribution >= 0.6 is 0 Å². The molecular formula is C13H14FN3O2. The van der Waals surface area contributed by atoms with Crippen molar-refractivity contribution >= 4 is 5.97 Å². The second-order valence-electron chi connectivity index (χ2n) is 4.35. The maximum Gasteiger partial charge on any atom is 0.305 e. The zero-order valence-corrected chi connectivity index (χ0v) is 10.4. The minimum Gasteiger partial charge on any atom is -0.481 e. The maximum absolute atomic E-state index is 13.2. The quantitative estimate of drug-likeness (QED) is 0.786. The van der Waals surface area contributed by atoms with E-state index in [9.17, 15) is 9.18 Å². The molecule has 0 bridgehead atoms. The Hall–Kier alpha value is -2.21. The van der Waals surface area contributed by atoms with Gasteiger partial charge in [-0.1, -0.05) is 0 Å². The van der Waals surface area contributed by atoms with Crippen molar-refractivity contribution in [3.63, 3.8) is 0 Å². The summed E-state index contributed by atoms with van der Waals surface area (Å²) < 4.78 is 13.2. The Morgan fingerprint density at radius 1 is 1.58 bits per heavy atom. The summed E-state index contributed by atoms with van der Waals surface area (Å²) in [6.07, 6.45) is 1.36. The number of hydrogen-bond acceptors (Lipinski definition) is 3. The predicted molar refractivity (Wildman–Crippen MR) is 67.9 cm³/mol. The molecule has 2 rings (SSSR count). The van der Waals surface area contributed by atoms with Gasteiger partial charge in [0, 0.05) is 5.56 Å². The first-order chi connectivity index (χ1) is 8.97. The van der Waals surface area contributed by atoms with Crippen molar-refractivity contribution in [2.75, 3.05) is 0 Å². The standard InChI is InChI=1S/C13H14FN3O2/c1-7-4-8(2-3-9(7)14)11-6-16-13(17-11)10(15)5-12(18)19/h2-4,6,10H,5,15H2,1H3,(H,16,17)(H,18,19). The van der Waals surface area contributed by atoms with Crippen LogP contribution in [0.5, 0.6) is 0 Å². The van der Waals surface area contributed by atoms with Crippen LogP contribution in [0.25, 0.3) is 11.3 Å². The van der Waals surface area contributed by atoms with E-state index < -0.39 is 12.0 Å². The third kappa shape index (κ3) is 2.97. The van der Waals surface area contributed by atoms with Crippen molar-refractivity contribution in [2.45, 2.75) is 19.4 Å². The maximum atomic E-state index is 13.2. The van der Waals surface area contributed by atoms with Crippen LogP contribution < -0.4 is 5.73 Å². The molecule has 0 saturated heterocycles. The molecule has 0 fully saturated rings. The Kier molecular flexibility index (Phi) is 3.62. The number of carboxylic acids is 1. The van der Waals surface area contributed by atoms with Gasteiger partial charge in [0.15, 0.2) is 0 Å². The van der Waals surface area contributed by atoms with Crippen molar-refractivity contribution in [2.24, 2.45) is 5.73 Å². The Balaban J connectivity index is 2.25. The van der Waals surface area contributed by atoms with E-state index in [0.717, 1.165) is 5.56 Å². The number of carbonyl (C=O) groups is 1. The van der Waals surface area contributed by atoms with Gasteiger partial charge < -0.3 is 15.8 Å². The van der Waals surface area contributed by atoms with Gasteiger partial charge in [-0.25, -0.2) is 9.37 Å². The summed E-state index contributed by atoms with van der Waals surface area (Å²) in [6, 6.07) is 4.01. The van der Waals surface area contributed by atoms with Gasteiger partial charge in [-0.3, -0.25) is 4.79 Å². The van der Waals surface area contributed by atoms with Crippen molar-refractivity contribution < 1.29 is 14.3 Å². The van der Waals surface area contributed by atoms with Gasteiger partial charge in [-0.2, -0.15) is 0 Å². The molecule has 0 radical (unpaired) electrons. The number of nitrogens with one attached hydrogen (secondary N) is 1. The molecule has 1 heterocycles. The number of nitrogens with two attached hydrogens (primary N) is 1. The highest BCUT2D eigenvalue weighted by molar-refractivity contribution is 5.67. The summed E-state index contributed by atoms with van der Waals surface area (Å²) in [5.74, 6) is -0.853. The molecule has 6 heteroatoms. The van der Waals surface area contributed by atoms with E-state index in [1.807, 2.05) is 0 Å². The molecule has 2 aromatic rings. The molecular weight excluding hydrogens is 249 g/mol. The Morgan fingerprint density at radius 2 is 2.32 bits per heavy atom. The third-order valence-corrected chi connectivity index (χ3v) is 2.81. The number of rotatable bonds is 4. The number of benzene rings is 1. The van der Waals surface area contributed by atoms with Crippen molar-refractivity contribution in [3.8, 4) is 11.3 Å². The Labute approximate surface area is 109 Å². The summed E-state index contributed by atoms with van der Waals surface area (Å²) in [4.78, 5) is 17.6. The summed E-state index contributed by atoms with van der Waals surface area (Å²) >= 11 is 0. The van der Waals surface area contributed by atoms with Gasteiger partial charge in [0.25, 0.3) is 0 Å². The van der Waals surface area contributed by atoms with E-state index in [1.54, 1.807) is 25.3 Å². The fourth-order valence-electron chi connectivity index (χ4n) is 1.77. The summed E-state index contributed by atoms with van der Waals surface area (Å²) in [7, 11) is 0. The molecule has 0 saturated carbocycles. The van der Waals surface area contributed by atoms with Gasteiger partial charge >= 0.3 is 5.97 Å². The van der Waals surface area contributed by atoms with Crippen LogP contribution in [0.15, 0.2) is 24.4 Å². The molecule has 19 heavy (non-hydrogen) atoms. The molecule has 5 nitrogen and oxygen atoms in total. The number of imidazole rings is 1. The molecule has 0 aliphatic rings.